The molecular formula is C46H28N4O. The van der Waals surface area contributed by atoms with Gasteiger partial charge in [0.05, 0.1) is 33.1 Å². The van der Waals surface area contributed by atoms with Gasteiger partial charge in [0.2, 0.25) is 5.71 Å². The van der Waals surface area contributed by atoms with Crippen LogP contribution in [0.4, 0.5) is 0 Å². The minimum absolute atomic E-state index is 0.588. The molecule has 0 fully saturated rings. The first-order chi connectivity index (χ1) is 25.3. The molecule has 0 amide bonds. The van der Waals surface area contributed by atoms with Crippen LogP contribution in [0.3, 0.4) is 0 Å². The summed E-state index contributed by atoms with van der Waals surface area (Å²) < 4.78 is 11.1. The van der Waals surface area contributed by atoms with E-state index in [0.717, 1.165) is 44.6 Å². The van der Waals surface area contributed by atoms with Crippen molar-refractivity contribution in [3.63, 3.8) is 0 Å². The van der Waals surface area contributed by atoms with Gasteiger partial charge in [-0.15, -0.1) is 0 Å². The van der Waals surface area contributed by atoms with Gasteiger partial charge in [0, 0.05) is 49.4 Å². The number of rotatable bonds is 4. The maximum absolute atomic E-state index is 6.29. The van der Waals surface area contributed by atoms with Crippen molar-refractivity contribution in [1.29, 1.82) is 0 Å². The Morgan fingerprint density at radius 1 is 0.392 bits per heavy atom. The number of nitrogens with zero attached hydrogens (tertiary/aromatic N) is 4. The zero-order chi connectivity index (χ0) is 33.5. The van der Waals surface area contributed by atoms with Crippen LogP contribution in [-0.2, 0) is 0 Å². The van der Waals surface area contributed by atoms with E-state index in [1.807, 2.05) is 48.5 Å². The standard InChI is InChI=1S/C46H28N4O/c1-3-13-30(14-4-1)45-47-44(43-35-19-9-12-22-42(35)51-46(43)48-45)29-23-25-32(26-24-29)50-39-21-11-8-18-34(39)37-27-40-36(28-41(37)50)33-17-7-10-20-38(33)49(40)31-15-5-2-6-16-31/h1-28H. The molecule has 51 heavy (non-hydrogen) atoms. The predicted molar refractivity (Wildman–Crippen MR) is 209 cm³/mol. The molecule has 0 N–H and O–H groups in total. The highest BCUT2D eigenvalue weighted by molar-refractivity contribution is 6.19. The molecule has 0 saturated carbocycles. The Labute approximate surface area is 292 Å². The fourth-order valence-corrected chi connectivity index (χ4v) is 7.88. The first-order valence-corrected chi connectivity index (χ1v) is 17.2. The van der Waals surface area contributed by atoms with Crippen LogP contribution in [-0.4, -0.2) is 19.1 Å². The molecule has 0 bridgehead atoms. The molecule has 0 aliphatic heterocycles. The van der Waals surface area contributed by atoms with Gasteiger partial charge in [-0.05, 0) is 54.6 Å². The zero-order valence-corrected chi connectivity index (χ0v) is 27.4. The summed E-state index contributed by atoms with van der Waals surface area (Å²) >= 11 is 0. The van der Waals surface area contributed by atoms with Gasteiger partial charge in [0.15, 0.2) is 5.82 Å². The van der Waals surface area contributed by atoms with Gasteiger partial charge in [-0.25, -0.2) is 4.98 Å². The Morgan fingerprint density at radius 3 is 1.57 bits per heavy atom. The number of fused-ring (bicyclic) bond motifs is 9. The quantitative estimate of drug-likeness (QED) is 0.190. The lowest BCUT2D eigenvalue weighted by atomic mass is 10.0. The molecule has 0 spiro atoms. The van der Waals surface area contributed by atoms with Crippen molar-refractivity contribution >= 4 is 65.7 Å². The average molecular weight is 653 g/mol. The highest BCUT2D eigenvalue weighted by Gasteiger charge is 2.20. The highest BCUT2D eigenvalue weighted by Crippen LogP contribution is 2.41. The van der Waals surface area contributed by atoms with E-state index >= 15 is 0 Å². The van der Waals surface area contributed by atoms with Crippen molar-refractivity contribution in [2.45, 2.75) is 0 Å². The van der Waals surface area contributed by atoms with E-state index in [9.17, 15) is 0 Å². The number of para-hydroxylation sites is 4. The monoisotopic (exact) mass is 652 g/mol. The molecule has 0 aliphatic carbocycles. The second kappa shape index (κ2) is 10.8. The predicted octanol–water partition coefficient (Wildman–Crippen LogP) is 11.9. The van der Waals surface area contributed by atoms with Crippen LogP contribution in [0.1, 0.15) is 0 Å². The molecule has 238 valence electrons. The van der Waals surface area contributed by atoms with E-state index in [2.05, 4.69) is 130 Å². The van der Waals surface area contributed by atoms with Crippen LogP contribution < -0.4 is 0 Å². The van der Waals surface area contributed by atoms with Gasteiger partial charge in [0.25, 0.3) is 0 Å². The van der Waals surface area contributed by atoms with Crippen LogP contribution in [0.15, 0.2) is 174 Å². The first kappa shape index (κ1) is 27.9. The van der Waals surface area contributed by atoms with Crippen molar-refractivity contribution in [3.05, 3.63) is 170 Å². The summed E-state index contributed by atoms with van der Waals surface area (Å²) in [4.78, 5) is 10.0. The third-order valence-corrected chi connectivity index (χ3v) is 10.2. The maximum Gasteiger partial charge on any atom is 0.231 e. The SMILES string of the molecule is c1ccc(-c2nc(-c3ccc(-n4c5ccccc5c5cc6c(cc54)c4ccccc4n6-c4ccccc4)cc3)c3c(n2)oc2ccccc23)cc1. The Hall–Kier alpha value is -6.98. The topological polar surface area (TPSA) is 48.8 Å². The molecule has 0 saturated heterocycles. The Morgan fingerprint density at radius 2 is 0.922 bits per heavy atom. The number of hydrogen-bond donors (Lipinski definition) is 0. The van der Waals surface area contributed by atoms with E-state index in [4.69, 9.17) is 14.4 Å². The molecule has 0 aliphatic rings. The summed E-state index contributed by atoms with van der Waals surface area (Å²) in [5, 5.41) is 6.83. The molecule has 4 heterocycles. The second-order valence-corrected chi connectivity index (χ2v) is 13.0. The third-order valence-electron chi connectivity index (χ3n) is 10.2. The van der Waals surface area contributed by atoms with Crippen LogP contribution >= 0.6 is 0 Å². The van der Waals surface area contributed by atoms with E-state index in [1.54, 1.807) is 0 Å². The van der Waals surface area contributed by atoms with Gasteiger partial charge >= 0.3 is 0 Å². The molecule has 7 aromatic carbocycles. The molecular weight excluding hydrogens is 625 g/mol. The van der Waals surface area contributed by atoms with Gasteiger partial charge in [-0.3, -0.25) is 0 Å². The summed E-state index contributed by atoms with van der Waals surface area (Å²) in [6.07, 6.45) is 0. The summed E-state index contributed by atoms with van der Waals surface area (Å²) in [6.45, 7) is 0. The molecule has 11 aromatic rings. The van der Waals surface area contributed by atoms with Crippen molar-refractivity contribution in [2.75, 3.05) is 0 Å². The summed E-state index contributed by atoms with van der Waals surface area (Å²) in [5.41, 5.74) is 11.2. The number of hydrogen-bond acceptors (Lipinski definition) is 3. The number of benzene rings is 7. The Bertz CT molecular complexity index is 3120. The molecule has 5 heteroatoms. The minimum atomic E-state index is 0.588. The van der Waals surface area contributed by atoms with E-state index in [0.29, 0.717) is 11.5 Å². The van der Waals surface area contributed by atoms with Crippen LogP contribution in [0.2, 0.25) is 0 Å². The largest absolute Gasteiger partial charge is 0.438 e. The fourth-order valence-electron chi connectivity index (χ4n) is 7.88. The van der Waals surface area contributed by atoms with Crippen molar-refractivity contribution in [3.8, 4) is 34.0 Å². The van der Waals surface area contributed by atoms with Gasteiger partial charge in [-0.1, -0.05) is 115 Å². The van der Waals surface area contributed by atoms with E-state index in [1.165, 1.54) is 43.6 Å². The molecule has 4 aromatic heterocycles. The zero-order valence-electron chi connectivity index (χ0n) is 27.4. The van der Waals surface area contributed by atoms with Crippen molar-refractivity contribution in [1.82, 2.24) is 19.1 Å². The fraction of sp³-hybridized carbons (Fsp3) is 0. The smallest absolute Gasteiger partial charge is 0.231 e. The second-order valence-electron chi connectivity index (χ2n) is 13.0. The van der Waals surface area contributed by atoms with Gasteiger partial charge in [0.1, 0.15) is 5.58 Å². The van der Waals surface area contributed by atoms with E-state index < -0.39 is 0 Å². The van der Waals surface area contributed by atoms with Crippen molar-refractivity contribution in [2.24, 2.45) is 0 Å². The molecule has 0 unspecified atom stereocenters. The Kier molecular flexibility index (Phi) is 5.89. The minimum Gasteiger partial charge on any atom is -0.438 e. The third kappa shape index (κ3) is 4.15. The highest BCUT2D eigenvalue weighted by atomic mass is 16.3. The lowest BCUT2D eigenvalue weighted by Gasteiger charge is -2.11. The summed E-state index contributed by atoms with van der Waals surface area (Å²) in [6, 6.07) is 59.7. The lowest BCUT2D eigenvalue weighted by molar-refractivity contribution is 0.653. The lowest BCUT2D eigenvalue weighted by Crippen LogP contribution is -1.96. The molecule has 0 radical (unpaired) electrons. The van der Waals surface area contributed by atoms with Gasteiger partial charge in [-0.2, -0.15) is 4.98 Å². The van der Waals surface area contributed by atoms with E-state index in [-0.39, 0.29) is 0 Å². The summed E-state index contributed by atoms with van der Waals surface area (Å²) in [5.74, 6) is 0.641. The van der Waals surface area contributed by atoms with Crippen LogP contribution in [0, 0.1) is 0 Å². The van der Waals surface area contributed by atoms with Crippen LogP contribution in [0.25, 0.3) is 99.7 Å². The average Bonchev–Trinajstić information content (AvgIpc) is 3.85. The van der Waals surface area contributed by atoms with Crippen LogP contribution in [0.5, 0.6) is 0 Å². The van der Waals surface area contributed by atoms with Gasteiger partial charge < -0.3 is 13.6 Å². The molecule has 11 rings (SSSR count). The maximum atomic E-state index is 6.29. The molecule has 5 nitrogen and oxygen atoms in total. The normalized spacial score (nSPS) is 11.9. The van der Waals surface area contributed by atoms with Crippen molar-refractivity contribution < 1.29 is 4.42 Å². The molecule has 0 atom stereocenters. The number of furan rings is 1. The first-order valence-electron chi connectivity index (χ1n) is 17.2. The summed E-state index contributed by atoms with van der Waals surface area (Å²) in [7, 11) is 0. The Balaban J connectivity index is 1.14. The number of aromatic nitrogens is 4.